The molecule has 5 heteroatoms. The van der Waals surface area contributed by atoms with Gasteiger partial charge in [-0.05, 0) is 44.0 Å². The van der Waals surface area contributed by atoms with E-state index in [9.17, 15) is 4.79 Å². The van der Waals surface area contributed by atoms with E-state index in [1.54, 1.807) is 11.3 Å². The number of hydrogen-bond acceptors (Lipinski definition) is 4. The van der Waals surface area contributed by atoms with Gasteiger partial charge in [-0.3, -0.25) is 4.79 Å². The first-order valence-corrected chi connectivity index (χ1v) is 9.03. The molecular formula is C18H22N2O2S. The first kappa shape index (κ1) is 16.0. The zero-order chi connectivity index (χ0) is 16.1. The summed E-state index contributed by atoms with van der Waals surface area (Å²) in [5, 5.41) is 6.10. The average molecular weight is 330 g/mol. The van der Waals surface area contributed by atoms with Gasteiger partial charge in [0, 0.05) is 22.7 Å². The van der Waals surface area contributed by atoms with Crippen molar-refractivity contribution in [2.45, 2.75) is 45.1 Å². The number of hydrogen-bond donors (Lipinski definition) is 1. The molecule has 23 heavy (non-hydrogen) atoms. The Balaban J connectivity index is 1.49. The van der Waals surface area contributed by atoms with Crippen LogP contribution < -0.4 is 10.1 Å². The molecule has 0 saturated heterocycles. The molecule has 2 aromatic rings. The summed E-state index contributed by atoms with van der Waals surface area (Å²) in [4.78, 5) is 16.4. The molecule has 0 aliphatic heterocycles. The Hall–Kier alpha value is -1.88. The van der Waals surface area contributed by atoms with Crippen LogP contribution in [0.2, 0.25) is 0 Å². The van der Waals surface area contributed by atoms with Crippen molar-refractivity contribution in [3.63, 3.8) is 0 Å². The van der Waals surface area contributed by atoms with E-state index < -0.39 is 0 Å². The van der Waals surface area contributed by atoms with Gasteiger partial charge in [0.15, 0.2) is 6.61 Å². The molecule has 0 bridgehead atoms. The fourth-order valence-corrected chi connectivity index (χ4v) is 3.65. The lowest BCUT2D eigenvalue weighted by atomic mass is 9.95. The van der Waals surface area contributed by atoms with Crippen LogP contribution in [0.15, 0.2) is 29.6 Å². The van der Waals surface area contributed by atoms with Gasteiger partial charge in [0.1, 0.15) is 10.8 Å². The van der Waals surface area contributed by atoms with Crippen molar-refractivity contribution in [3.8, 4) is 16.3 Å². The van der Waals surface area contributed by atoms with Crippen molar-refractivity contribution in [2.75, 3.05) is 6.61 Å². The van der Waals surface area contributed by atoms with Gasteiger partial charge in [-0.2, -0.15) is 0 Å². The quantitative estimate of drug-likeness (QED) is 0.903. The highest BCUT2D eigenvalue weighted by Gasteiger charge is 2.15. The number of carbonyl (C=O) groups is 1. The maximum absolute atomic E-state index is 11.9. The third-order valence-corrected chi connectivity index (χ3v) is 5.07. The highest BCUT2D eigenvalue weighted by Crippen LogP contribution is 2.25. The van der Waals surface area contributed by atoms with Gasteiger partial charge < -0.3 is 10.1 Å². The van der Waals surface area contributed by atoms with Gasteiger partial charge in [-0.1, -0.05) is 19.3 Å². The third-order valence-electron chi connectivity index (χ3n) is 4.06. The summed E-state index contributed by atoms with van der Waals surface area (Å²) < 4.78 is 5.58. The molecule has 0 radical (unpaired) electrons. The topological polar surface area (TPSA) is 51.2 Å². The summed E-state index contributed by atoms with van der Waals surface area (Å²) in [6.07, 6.45) is 5.89. The van der Waals surface area contributed by atoms with Gasteiger partial charge >= 0.3 is 0 Å². The molecule has 1 aliphatic carbocycles. The molecule has 1 heterocycles. The first-order chi connectivity index (χ1) is 11.2. The molecule has 0 spiro atoms. The molecular weight excluding hydrogens is 308 g/mol. The highest BCUT2D eigenvalue weighted by atomic mass is 32.1. The maximum Gasteiger partial charge on any atom is 0.258 e. The predicted octanol–water partition coefficient (Wildman–Crippen LogP) is 3.95. The predicted molar refractivity (Wildman–Crippen MR) is 92.8 cm³/mol. The van der Waals surface area contributed by atoms with Crippen LogP contribution in [0.25, 0.3) is 10.6 Å². The summed E-state index contributed by atoms with van der Waals surface area (Å²) in [6, 6.07) is 8.06. The molecule has 1 fully saturated rings. The second-order valence-electron chi connectivity index (χ2n) is 6.01. The monoisotopic (exact) mass is 330 g/mol. The number of carbonyl (C=O) groups excluding carboxylic acids is 1. The van der Waals surface area contributed by atoms with Crippen molar-refractivity contribution in [1.29, 1.82) is 0 Å². The van der Waals surface area contributed by atoms with Crippen molar-refractivity contribution >= 4 is 17.2 Å². The minimum Gasteiger partial charge on any atom is -0.484 e. The third kappa shape index (κ3) is 4.55. The van der Waals surface area contributed by atoms with Crippen molar-refractivity contribution < 1.29 is 9.53 Å². The molecule has 3 rings (SSSR count). The number of nitrogens with one attached hydrogen (secondary N) is 1. The van der Waals surface area contributed by atoms with Crippen molar-refractivity contribution in [3.05, 3.63) is 35.3 Å². The van der Waals surface area contributed by atoms with Crippen LogP contribution in [0.4, 0.5) is 0 Å². The zero-order valence-corrected chi connectivity index (χ0v) is 14.2. The summed E-state index contributed by atoms with van der Waals surface area (Å²) >= 11 is 1.63. The number of nitrogens with zero attached hydrogens (tertiary/aromatic N) is 1. The van der Waals surface area contributed by atoms with E-state index in [0.717, 1.165) is 29.1 Å². The van der Waals surface area contributed by atoms with Crippen LogP contribution >= 0.6 is 11.3 Å². The van der Waals surface area contributed by atoms with Crippen molar-refractivity contribution in [2.24, 2.45) is 0 Å². The molecule has 0 atom stereocenters. The summed E-state index contributed by atoms with van der Waals surface area (Å²) in [6.45, 7) is 2.06. The first-order valence-electron chi connectivity index (χ1n) is 8.15. The molecule has 1 aromatic carbocycles. The Kier molecular flexibility index (Phi) is 5.28. The largest absolute Gasteiger partial charge is 0.484 e. The normalized spacial score (nSPS) is 15.3. The van der Waals surface area contributed by atoms with Crippen LogP contribution in [0, 0.1) is 6.92 Å². The van der Waals surface area contributed by atoms with E-state index in [1.165, 1.54) is 19.3 Å². The standard InChI is InChI=1S/C18H22N2O2S/c1-13-12-23-18(19-13)14-7-9-16(10-8-14)22-11-17(21)20-15-5-3-2-4-6-15/h7-10,12,15H,2-6,11H2,1H3,(H,20,21). The number of amides is 1. The Labute approximate surface area is 140 Å². The molecule has 1 aromatic heterocycles. The Morgan fingerprint density at radius 1 is 1.26 bits per heavy atom. The van der Waals surface area contributed by atoms with Gasteiger partial charge in [0.2, 0.25) is 0 Å². The minimum absolute atomic E-state index is 0.0310. The Morgan fingerprint density at radius 2 is 2.00 bits per heavy atom. The number of aryl methyl sites for hydroxylation is 1. The highest BCUT2D eigenvalue weighted by molar-refractivity contribution is 7.13. The number of ether oxygens (including phenoxy) is 1. The smallest absolute Gasteiger partial charge is 0.258 e. The Bertz CT molecular complexity index is 645. The lowest BCUT2D eigenvalue weighted by Gasteiger charge is -2.22. The molecule has 122 valence electrons. The lowest BCUT2D eigenvalue weighted by Crippen LogP contribution is -2.38. The van der Waals surface area contributed by atoms with Gasteiger partial charge in [-0.15, -0.1) is 11.3 Å². The second kappa shape index (κ2) is 7.59. The van der Waals surface area contributed by atoms with E-state index >= 15 is 0 Å². The number of rotatable bonds is 5. The Morgan fingerprint density at radius 3 is 2.65 bits per heavy atom. The minimum atomic E-state index is -0.0310. The van der Waals surface area contributed by atoms with Crippen LogP contribution in [-0.2, 0) is 4.79 Å². The van der Waals surface area contributed by atoms with Gasteiger partial charge in [0.25, 0.3) is 5.91 Å². The van der Waals surface area contributed by atoms with E-state index in [-0.39, 0.29) is 12.5 Å². The van der Waals surface area contributed by atoms with E-state index in [2.05, 4.69) is 10.3 Å². The molecule has 1 aliphatic rings. The maximum atomic E-state index is 11.9. The van der Waals surface area contributed by atoms with E-state index in [1.807, 2.05) is 36.6 Å². The second-order valence-corrected chi connectivity index (χ2v) is 6.87. The van der Waals surface area contributed by atoms with E-state index in [0.29, 0.717) is 11.8 Å². The van der Waals surface area contributed by atoms with Crippen molar-refractivity contribution in [1.82, 2.24) is 10.3 Å². The molecule has 4 nitrogen and oxygen atoms in total. The van der Waals surface area contributed by atoms with Crippen LogP contribution in [0.1, 0.15) is 37.8 Å². The fourth-order valence-electron chi connectivity index (χ4n) is 2.85. The summed E-state index contributed by atoms with van der Waals surface area (Å²) in [5.74, 6) is 0.678. The lowest BCUT2D eigenvalue weighted by molar-refractivity contribution is -0.124. The van der Waals surface area contributed by atoms with Gasteiger partial charge in [0.05, 0.1) is 0 Å². The molecule has 1 N–H and O–H groups in total. The molecule has 0 unspecified atom stereocenters. The number of thiazole rings is 1. The van der Waals surface area contributed by atoms with Crippen LogP contribution in [0.3, 0.4) is 0 Å². The fraction of sp³-hybridized carbons (Fsp3) is 0.444. The molecule has 1 saturated carbocycles. The molecule has 1 amide bonds. The van der Waals surface area contributed by atoms with E-state index in [4.69, 9.17) is 4.74 Å². The van der Waals surface area contributed by atoms with Gasteiger partial charge in [-0.25, -0.2) is 4.98 Å². The summed E-state index contributed by atoms with van der Waals surface area (Å²) in [7, 11) is 0. The average Bonchev–Trinajstić information content (AvgIpc) is 3.01. The SMILES string of the molecule is Cc1csc(-c2ccc(OCC(=O)NC3CCCCC3)cc2)n1. The van der Waals surface area contributed by atoms with Crippen LogP contribution in [-0.4, -0.2) is 23.5 Å². The van der Waals surface area contributed by atoms with Crippen LogP contribution in [0.5, 0.6) is 5.75 Å². The zero-order valence-electron chi connectivity index (χ0n) is 13.4. The number of aromatic nitrogens is 1. The summed E-state index contributed by atoms with van der Waals surface area (Å²) in [5.41, 5.74) is 2.10. The number of benzene rings is 1.